The van der Waals surface area contributed by atoms with Gasteiger partial charge in [0.2, 0.25) is 0 Å². The maximum Gasteiger partial charge on any atom is 0.137 e. The third-order valence-electron chi connectivity index (χ3n) is 10.9. The van der Waals surface area contributed by atoms with Crippen LogP contribution in [0.1, 0.15) is 84.6 Å². The molecule has 33 heavy (non-hydrogen) atoms. The zero-order valence-electron chi connectivity index (χ0n) is 20.8. The van der Waals surface area contributed by atoms with Crippen molar-refractivity contribution >= 4 is 5.78 Å². The van der Waals surface area contributed by atoms with Gasteiger partial charge in [-0.1, -0.05) is 27.7 Å². The van der Waals surface area contributed by atoms with Crippen LogP contribution in [0.2, 0.25) is 0 Å². The van der Waals surface area contributed by atoms with Gasteiger partial charge >= 0.3 is 0 Å². The number of Topliss-reactive ketones (excluding diaryl/α,β-unsaturated/α-hetero) is 1. The maximum atomic E-state index is 13.8. The summed E-state index contributed by atoms with van der Waals surface area (Å²) in [5.41, 5.74) is 0.164. The molecule has 9 atom stereocenters. The average molecular weight is 452 g/mol. The number of carbonyl (C=O) groups is 1. The summed E-state index contributed by atoms with van der Waals surface area (Å²) in [6.45, 7) is 9.83. The first kappa shape index (κ1) is 23.1. The van der Waals surface area contributed by atoms with Crippen LogP contribution in [0.15, 0.2) is 12.4 Å². The summed E-state index contributed by atoms with van der Waals surface area (Å²) < 4.78 is 1.91. The molecule has 4 saturated carbocycles. The third-order valence-corrected chi connectivity index (χ3v) is 10.9. The minimum atomic E-state index is -0.536. The monoisotopic (exact) mass is 451 g/mol. The number of hydrogen-bond acceptors (Lipinski definition) is 4. The number of nitrogens with zero attached hydrogens (tertiary/aromatic N) is 3. The van der Waals surface area contributed by atoms with Crippen LogP contribution in [0.5, 0.6) is 0 Å². The van der Waals surface area contributed by atoms with E-state index in [1.165, 1.54) is 19.3 Å². The van der Waals surface area contributed by atoms with E-state index < -0.39 is 5.60 Å². The Hall–Kier alpha value is -1.67. The molecule has 1 heterocycles. The molecule has 0 aliphatic heterocycles. The van der Waals surface area contributed by atoms with Crippen molar-refractivity contribution in [1.82, 2.24) is 9.78 Å². The summed E-state index contributed by atoms with van der Waals surface area (Å²) in [5.74, 6) is 4.19. The van der Waals surface area contributed by atoms with Gasteiger partial charge in [0.25, 0.3) is 0 Å². The lowest BCUT2D eigenvalue weighted by Crippen LogP contribution is -2.55. The summed E-state index contributed by atoms with van der Waals surface area (Å²) in [6, 6.07) is 2.17. The summed E-state index contributed by atoms with van der Waals surface area (Å²) in [6.07, 6.45) is 11.8. The number of rotatable bonds is 4. The van der Waals surface area contributed by atoms with E-state index in [-0.39, 0.29) is 17.3 Å². The van der Waals surface area contributed by atoms with Crippen molar-refractivity contribution in [2.45, 2.75) is 91.2 Å². The van der Waals surface area contributed by atoms with Crippen LogP contribution in [0, 0.1) is 64.1 Å². The Bertz CT molecular complexity index is 947. The van der Waals surface area contributed by atoms with Crippen LogP contribution in [-0.2, 0) is 11.3 Å². The molecule has 4 aliphatic carbocycles. The first-order valence-corrected chi connectivity index (χ1v) is 13.3. The molecule has 1 aromatic rings. The standard InChI is InChI=1S/C28H41N3O2/c1-17(2)28(33)10-9-21-20(11-28)5-6-22-24-8-7-23(27(24,4)12-25(32)26(21)22)18(3)15-31-16-19(13-29)14-30-31/h14,16-18,20-24,26,33H,5-12,15H2,1-4H3/t18-,20-,21+,22+,23-,24+,26-,27-,28-/m1/s1. The van der Waals surface area contributed by atoms with Gasteiger partial charge in [0.15, 0.2) is 0 Å². The van der Waals surface area contributed by atoms with E-state index in [4.69, 9.17) is 5.26 Å². The molecule has 1 aromatic heterocycles. The second-order valence-electron chi connectivity index (χ2n) is 12.7. The molecule has 1 N–H and O–H groups in total. The Morgan fingerprint density at radius 2 is 2.00 bits per heavy atom. The smallest absolute Gasteiger partial charge is 0.137 e. The Balaban J connectivity index is 1.33. The Morgan fingerprint density at radius 3 is 2.70 bits per heavy atom. The van der Waals surface area contributed by atoms with E-state index in [1.54, 1.807) is 6.20 Å². The van der Waals surface area contributed by atoms with Crippen LogP contribution < -0.4 is 0 Å². The first-order chi connectivity index (χ1) is 15.7. The molecule has 0 aromatic carbocycles. The summed E-state index contributed by atoms with van der Waals surface area (Å²) in [5, 5.41) is 24.7. The van der Waals surface area contributed by atoms with Gasteiger partial charge in [-0.05, 0) is 91.8 Å². The summed E-state index contributed by atoms with van der Waals surface area (Å²) >= 11 is 0. The molecular formula is C28H41N3O2. The number of carbonyl (C=O) groups excluding carboxylic acids is 1. The molecule has 0 saturated heterocycles. The number of nitriles is 1. The van der Waals surface area contributed by atoms with Gasteiger partial charge in [-0.2, -0.15) is 10.4 Å². The third kappa shape index (κ3) is 3.68. The normalized spacial score (nSPS) is 43.5. The highest BCUT2D eigenvalue weighted by atomic mass is 16.3. The summed E-state index contributed by atoms with van der Waals surface area (Å²) in [4.78, 5) is 13.8. The van der Waals surface area contributed by atoms with Gasteiger partial charge in [-0.15, -0.1) is 0 Å². The highest BCUT2D eigenvalue weighted by molar-refractivity contribution is 5.83. The molecule has 0 amide bonds. The molecule has 180 valence electrons. The Morgan fingerprint density at radius 1 is 1.21 bits per heavy atom. The van der Waals surface area contributed by atoms with Crippen LogP contribution in [0.25, 0.3) is 0 Å². The predicted molar refractivity (Wildman–Crippen MR) is 127 cm³/mol. The highest BCUT2D eigenvalue weighted by Crippen LogP contribution is 2.65. The fourth-order valence-electron chi connectivity index (χ4n) is 9.14. The molecule has 5 rings (SSSR count). The molecule has 0 radical (unpaired) electrons. The average Bonchev–Trinajstić information content (AvgIpc) is 3.36. The highest BCUT2D eigenvalue weighted by Gasteiger charge is 2.61. The fourth-order valence-corrected chi connectivity index (χ4v) is 9.14. The van der Waals surface area contributed by atoms with E-state index in [0.29, 0.717) is 46.9 Å². The molecule has 0 bridgehead atoms. The van der Waals surface area contributed by atoms with Gasteiger partial charge in [0, 0.05) is 25.1 Å². The van der Waals surface area contributed by atoms with Crippen LogP contribution in [0.4, 0.5) is 0 Å². The van der Waals surface area contributed by atoms with E-state index in [1.807, 2.05) is 10.9 Å². The largest absolute Gasteiger partial charge is 0.390 e. The van der Waals surface area contributed by atoms with E-state index in [2.05, 4.69) is 38.9 Å². The van der Waals surface area contributed by atoms with Crippen LogP contribution in [0.3, 0.4) is 0 Å². The van der Waals surface area contributed by atoms with E-state index in [9.17, 15) is 9.90 Å². The lowest BCUT2D eigenvalue weighted by Gasteiger charge is -2.57. The van der Waals surface area contributed by atoms with Gasteiger partial charge in [-0.25, -0.2) is 0 Å². The number of fused-ring (bicyclic) bond motifs is 5. The number of aliphatic hydroxyl groups is 1. The van der Waals surface area contributed by atoms with Crippen molar-refractivity contribution in [2.75, 3.05) is 0 Å². The topological polar surface area (TPSA) is 78.9 Å². The van der Waals surface area contributed by atoms with Gasteiger partial charge in [0.1, 0.15) is 11.9 Å². The second-order valence-corrected chi connectivity index (χ2v) is 12.7. The predicted octanol–water partition coefficient (Wildman–Crippen LogP) is 5.23. The lowest BCUT2D eigenvalue weighted by molar-refractivity contribution is -0.155. The van der Waals surface area contributed by atoms with Gasteiger partial charge < -0.3 is 5.11 Å². The van der Waals surface area contributed by atoms with Crippen molar-refractivity contribution in [3.05, 3.63) is 18.0 Å². The number of hydrogen-bond donors (Lipinski definition) is 1. The maximum absolute atomic E-state index is 13.8. The molecule has 0 unspecified atom stereocenters. The molecular weight excluding hydrogens is 410 g/mol. The molecule has 5 heteroatoms. The van der Waals surface area contributed by atoms with Gasteiger partial charge in [-0.3, -0.25) is 9.48 Å². The van der Waals surface area contributed by atoms with Crippen molar-refractivity contribution in [3.8, 4) is 6.07 Å². The fraction of sp³-hybridized carbons (Fsp3) is 0.821. The number of aromatic nitrogens is 2. The lowest BCUT2D eigenvalue weighted by atomic mass is 9.47. The Kier molecular flexibility index (Phi) is 5.75. The SMILES string of the molecule is CC(C)[C@@]1(O)CC[C@H]2[C@H](CC[C@@H]3[C@@H]2C(=O)C[C@]2(C)[C@@H]([C@H](C)Cn4cc(C#N)cn4)CC[C@@H]32)C1. The zero-order valence-corrected chi connectivity index (χ0v) is 20.8. The van der Waals surface area contributed by atoms with Crippen LogP contribution >= 0.6 is 0 Å². The Labute approximate surface area is 198 Å². The van der Waals surface area contributed by atoms with Crippen molar-refractivity contribution in [2.24, 2.45) is 52.8 Å². The summed E-state index contributed by atoms with van der Waals surface area (Å²) in [7, 11) is 0. The second kappa shape index (κ2) is 8.22. The minimum absolute atomic E-state index is 0.0864. The van der Waals surface area contributed by atoms with E-state index in [0.717, 1.165) is 38.6 Å². The van der Waals surface area contributed by atoms with Gasteiger partial charge in [0.05, 0.1) is 17.4 Å². The quantitative estimate of drug-likeness (QED) is 0.680. The number of ketones is 1. The van der Waals surface area contributed by atoms with E-state index >= 15 is 0 Å². The van der Waals surface area contributed by atoms with Crippen molar-refractivity contribution < 1.29 is 9.90 Å². The van der Waals surface area contributed by atoms with Crippen molar-refractivity contribution in [1.29, 1.82) is 5.26 Å². The zero-order chi connectivity index (χ0) is 23.5. The molecule has 4 aliphatic rings. The van der Waals surface area contributed by atoms with Crippen molar-refractivity contribution in [3.63, 3.8) is 0 Å². The molecule has 5 nitrogen and oxygen atoms in total. The first-order valence-electron chi connectivity index (χ1n) is 13.3. The van der Waals surface area contributed by atoms with Crippen LogP contribution in [-0.4, -0.2) is 26.3 Å². The minimum Gasteiger partial charge on any atom is -0.390 e. The molecule has 0 spiro atoms. The molecule has 4 fully saturated rings.